The number of nitrogens with one attached hydrogen (secondary N) is 4. The highest BCUT2D eigenvalue weighted by atomic mass is 32.2. The molecule has 0 heterocycles. The van der Waals surface area contributed by atoms with E-state index in [9.17, 15) is 33.7 Å². The third kappa shape index (κ3) is 32.8. The number of benzene rings is 4. The summed E-state index contributed by atoms with van der Waals surface area (Å²) in [5, 5.41) is 0. The Morgan fingerprint density at radius 3 is 0.500 bits per heavy atom. The van der Waals surface area contributed by atoms with Crippen LogP contribution in [0.5, 0.6) is 0 Å². The Balaban J connectivity index is 0.000000640. The van der Waals surface area contributed by atoms with Crippen LogP contribution in [-0.4, -0.2) is 84.0 Å². The molecule has 0 aliphatic rings. The minimum absolute atomic E-state index is 0.0110. The molecule has 552 valence electrons. The van der Waals surface area contributed by atoms with E-state index in [2.05, 4.69) is 157 Å². The Hall–Kier alpha value is -3.64. The lowest BCUT2D eigenvalue weighted by Gasteiger charge is -2.22. The second-order valence-electron chi connectivity index (χ2n) is 32.5. The number of rotatable bonds is 32. The van der Waals surface area contributed by atoms with E-state index in [1.807, 2.05) is 76.2 Å². The van der Waals surface area contributed by atoms with Crippen molar-refractivity contribution in [3.63, 3.8) is 0 Å². The van der Waals surface area contributed by atoms with Crippen LogP contribution in [0.1, 0.15) is 240 Å². The first-order valence-electron chi connectivity index (χ1n) is 35.2. The van der Waals surface area contributed by atoms with Gasteiger partial charge in [0.2, 0.25) is 40.1 Å². The van der Waals surface area contributed by atoms with E-state index in [0.717, 1.165) is 73.6 Å². The van der Waals surface area contributed by atoms with E-state index in [-0.39, 0.29) is 45.8 Å². The third-order valence-electron chi connectivity index (χ3n) is 18.4. The maximum Gasteiger partial charge on any atom is 0.240 e. The highest BCUT2D eigenvalue weighted by molar-refractivity contribution is 7.90. The van der Waals surface area contributed by atoms with Crippen LogP contribution in [0, 0.1) is 47.3 Å². The molecule has 0 aromatic heterocycles. The second-order valence-corrected chi connectivity index (χ2v) is 39.3. The maximum atomic E-state index is 12.5. The van der Waals surface area contributed by atoms with E-state index in [4.69, 9.17) is 22.9 Å². The monoisotopic (exact) mass is 1420 g/mol. The largest absolute Gasteiger partial charge is 0.330 e. The van der Waals surface area contributed by atoms with Crippen molar-refractivity contribution in [1.29, 1.82) is 0 Å². The van der Waals surface area contributed by atoms with Gasteiger partial charge in [-0.15, -0.1) is 0 Å². The van der Waals surface area contributed by atoms with Crippen LogP contribution in [0.2, 0.25) is 0 Å². The standard InChI is InChI=1S/4C19H34N2O2S/c4*1-14(2)16(13-20)8-7-15(3)21-24(22,23)18-11-9-17(10-12-18)19(4,5)6/h4*9-12,14-16,21H,7-8,13,20H2,1-6H3/t2*15-,16+;2*15-,16-/m1010/s1. The van der Waals surface area contributed by atoms with Crippen molar-refractivity contribution in [2.45, 2.75) is 283 Å². The summed E-state index contributed by atoms with van der Waals surface area (Å²) in [6.07, 6.45) is 6.89. The van der Waals surface area contributed by atoms with Gasteiger partial charge in [0.1, 0.15) is 0 Å². The Labute approximate surface area is 587 Å². The first-order chi connectivity index (χ1) is 43.9. The Kier molecular flexibility index (Phi) is 37.8. The molecule has 0 fully saturated rings. The predicted octanol–water partition coefficient (Wildman–Crippen LogP) is 14.6. The van der Waals surface area contributed by atoms with Crippen molar-refractivity contribution in [3.05, 3.63) is 119 Å². The summed E-state index contributed by atoms with van der Waals surface area (Å²) in [6, 6.07) is 28.2. The summed E-state index contributed by atoms with van der Waals surface area (Å²) in [5.74, 6) is 3.80. The summed E-state index contributed by atoms with van der Waals surface area (Å²) in [4.78, 5) is 1.28. The summed E-state index contributed by atoms with van der Waals surface area (Å²) < 4.78 is 111. The van der Waals surface area contributed by atoms with E-state index in [1.165, 1.54) is 0 Å². The van der Waals surface area contributed by atoms with Crippen LogP contribution in [0.15, 0.2) is 117 Å². The molecular formula is C76H136N8O8S4. The van der Waals surface area contributed by atoms with Crippen molar-refractivity contribution in [3.8, 4) is 0 Å². The Morgan fingerprint density at radius 1 is 0.260 bits per heavy atom. The molecule has 0 unspecified atom stereocenters. The molecule has 0 saturated carbocycles. The minimum Gasteiger partial charge on any atom is -0.330 e. The van der Waals surface area contributed by atoms with E-state index in [0.29, 0.717) is 93.1 Å². The van der Waals surface area contributed by atoms with Gasteiger partial charge in [-0.1, -0.05) is 187 Å². The SMILES string of the molecule is CC(C)[C@@H](CN)CC[C@@H](C)NS(=O)(=O)c1ccc(C(C)(C)C)cc1.CC(C)[C@@H](CN)CC[C@H](C)NS(=O)(=O)c1ccc(C(C)(C)C)cc1.CC(C)[C@H](CN)CC[C@@H](C)NS(=O)(=O)c1ccc(C(C)(C)C)cc1.CC(C)[C@H](CN)CC[C@H](C)NS(=O)(=O)c1ccc(C(C)(C)C)cc1. The number of sulfonamides is 4. The molecule has 4 aromatic carbocycles. The molecule has 0 saturated heterocycles. The summed E-state index contributed by atoms with van der Waals surface area (Å²) >= 11 is 0. The highest BCUT2D eigenvalue weighted by Crippen LogP contribution is 2.29. The zero-order chi connectivity index (χ0) is 74.2. The van der Waals surface area contributed by atoms with Gasteiger partial charge in [-0.05, 0) is 245 Å². The van der Waals surface area contributed by atoms with E-state index >= 15 is 0 Å². The van der Waals surface area contributed by atoms with Gasteiger partial charge in [0.25, 0.3) is 0 Å². The van der Waals surface area contributed by atoms with Crippen LogP contribution in [0.25, 0.3) is 0 Å². The molecule has 0 amide bonds. The quantitative estimate of drug-likeness (QED) is 0.0227. The predicted molar refractivity (Wildman–Crippen MR) is 406 cm³/mol. The zero-order valence-corrected chi connectivity index (χ0v) is 67.1. The number of nitrogens with two attached hydrogens (primary N) is 4. The molecule has 12 N–H and O–H groups in total. The highest BCUT2D eigenvalue weighted by Gasteiger charge is 2.26. The van der Waals surface area contributed by atoms with Crippen LogP contribution in [0.3, 0.4) is 0 Å². The molecule has 20 heteroatoms. The summed E-state index contributed by atoms with van der Waals surface area (Å²) in [6.45, 7) is 52.8. The van der Waals surface area contributed by atoms with Crippen LogP contribution < -0.4 is 41.8 Å². The summed E-state index contributed by atoms with van der Waals surface area (Å²) in [7, 11) is -13.9. The van der Waals surface area contributed by atoms with Crippen LogP contribution in [-0.2, 0) is 61.8 Å². The minimum atomic E-state index is -3.48. The zero-order valence-electron chi connectivity index (χ0n) is 63.9. The topological polar surface area (TPSA) is 289 Å². The van der Waals surface area contributed by atoms with Gasteiger partial charge in [0, 0.05) is 24.2 Å². The number of hydrogen-bond donors (Lipinski definition) is 8. The van der Waals surface area contributed by atoms with E-state index in [1.54, 1.807) is 48.5 Å². The van der Waals surface area contributed by atoms with Gasteiger partial charge >= 0.3 is 0 Å². The lowest BCUT2D eigenvalue weighted by atomic mass is 9.87. The van der Waals surface area contributed by atoms with Gasteiger partial charge in [0.15, 0.2) is 0 Å². The average Bonchev–Trinajstić information content (AvgIpc) is 0.843. The molecule has 0 spiro atoms. The molecular weight excluding hydrogens is 1280 g/mol. The molecule has 96 heavy (non-hydrogen) atoms. The average molecular weight is 1420 g/mol. The van der Waals surface area contributed by atoms with Gasteiger partial charge in [0.05, 0.1) is 19.6 Å². The fraction of sp³-hybridized carbons (Fsp3) is 0.684. The molecule has 4 aromatic rings. The van der Waals surface area contributed by atoms with E-state index < -0.39 is 40.1 Å². The van der Waals surface area contributed by atoms with Crippen molar-refractivity contribution >= 4 is 40.1 Å². The lowest BCUT2D eigenvalue weighted by molar-refractivity contribution is 0.346. The van der Waals surface area contributed by atoms with Gasteiger partial charge in [-0.3, -0.25) is 0 Å². The molecule has 0 bridgehead atoms. The maximum absolute atomic E-state index is 12.5. The van der Waals surface area contributed by atoms with Gasteiger partial charge in [-0.25, -0.2) is 52.6 Å². The lowest BCUT2D eigenvalue weighted by Crippen LogP contribution is -2.33. The molecule has 4 rings (SSSR count). The van der Waals surface area contributed by atoms with Gasteiger partial charge in [-0.2, -0.15) is 0 Å². The fourth-order valence-electron chi connectivity index (χ4n) is 10.9. The molecule has 8 atom stereocenters. The van der Waals surface area contributed by atoms with Crippen molar-refractivity contribution in [1.82, 2.24) is 18.9 Å². The van der Waals surface area contributed by atoms with Crippen LogP contribution >= 0.6 is 0 Å². The molecule has 16 nitrogen and oxygen atoms in total. The van der Waals surface area contributed by atoms with Crippen LogP contribution in [0.4, 0.5) is 0 Å². The first kappa shape index (κ1) is 90.4. The van der Waals surface area contributed by atoms with Crippen molar-refractivity contribution in [2.24, 2.45) is 70.3 Å². The molecule has 0 aliphatic heterocycles. The molecule has 0 aliphatic carbocycles. The third-order valence-corrected chi connectivity index (χ3v) is 24.8. The number of hydrogen-bond acceptors (Lipinski definition) is 12. The first-order valence-corrected chi connectivity index (χ1v) is 41.1. The molecule has 0 radical (unpaired) electrons. The smallest absolute Gasteiger partial charge is 0.240 e. The van der Waals surface area contributed by atoms with Gasteiger partial charge < -0.3 is 22.9 Å². The second kappa shape index (κ2) is 40.1. The Morgan fingerprint density at radius 2 is 0.396 bits per heavy atom. The van der Waals surface area contributed by atoms with Crippen molar-refractivity contribution in [2.75, 3.05) is 26.2 Å². The fourth-order valence-corrected chi connectivity index (χ4v) is 16.0. The van der Waals surface area contributed by atoms with Crippen molar-refractivity contribution < 1.29 is 33.7 Å². The normalized spacial score (nSPS) is 15.5. The summed E-state index contributed by atoms with van der Waals surface area (Å²) in [5.41, 5.74) is 27.7. The Bertz CT molecular complexity index is 2850.